The minimum absolute atomic E-state index is 0.300. The topological polar surface area (TPSA) is 56.8 Å². The molecule has 0 N–H and O–H groups in total. The standard InChI is InChI=1S/C11H3F5N2O/c12-9-2-7(19-11(14,15)16)3-10(13)8(9)1-6(4-17)5-18/h1-3H. The smallest absolute Gasteiger partial charge is 0.406 e. The van der Waals surface area contributed by atoms with Crippen LogP contribution in [0, 0.1) is 34.3 Å². The number of halogens is 5. The summed E-state index contributed by atoms with van der Waals surface area (Å²) in [7, 11) is 0. The Hall–Kier alpha value is -2.61. The van der Waals surface area contributed by atoms with Crippen molar-refractivity contribution in [2.24, 2.45) is 0 Å². The number of hydrogen-bond acceptors (Lipinski definition) is 3. The monoisotopic (exact) mass is 274 g/mol. The van der Waals surface area contributed by atoms with Gasteiger partial charge in [0.05, 0.1) is 0 Å². The van der Waals surface area contributed by atoms with Gasteiger partial charge in [-0.25, -0.2) is 8.78 Å². The predicted octanol–water partition coefficient (Wildman–Crippen LogP) is 3.29. The van der Waals surface area contributed by atoms with Crippen LogP contribution in [0.15, 0.2) is 17.7 Å². The first-order chi connectivity index (χ1) is 8.76. The number of ether oxygens (including phenoxy) is 1. The summed E-state index contributed by atoms with van der Waals surface area (Å²) in [6.45, 7) is 0. The quantitative estimate of drug-likeness (QED) is 0.614. The Kier molecular flexibility index (Phi) is 4.07. The molecule has 0 bridgehead atoms. The van der Waals surface area contributed by atoms with E-state index >= 15 is 0 Å². The van der Waals surface area contributed by atoms with Gasteiger partial charge in [0.25, 0.3) is 0 Å². The van der Waals surface area contributed by atoms with Gasteiger partial charge in [0.1, 0.15) is 35.1 Å². The normalized spacial score (nSPS) is 10.3. The second kappa shape index (κ2) is 5.36. The lowest BCUT2D eigenvalue weighted by Gasteiger charge is -2.10. The molecule has 8 heteroatoms. The highest BCUT2D eigenvalue weighted by Gasteiger charge is 2.31. The summed E-state index contributed by atoms with van der Waals surface area (Å²) in [6, 6.07) is 3.33. The van der Waals surface area contributed by atoms with Crippen LogP contribution in [-0.4, -0.2) is 6.36 Å². The van der Waals surface area contributed by atoms with E-state index in [0.717, 1.165) is 0 Å². The predicted molar refractivity (Wildman–Crippen MR) is 52.2 cm³/mol. The van der Waals surface area contributed by atoms with E-state index in [2.05, 4.69) is 4.74 Å². The van der Waals surface area contributed by atoms with E-state index in [4.69, 9.17) is 10.5 Å². The molecule has 1 aromatic carbocycles. The Bertz CT molecular complexity index is 568. The molecule has 0 aliphatic carbocycles. The highest BCUT2D eigenvalue weighted by molar-refractivity contribution is 5.63. The molecule has 0 spiro atoms. The van der Waals surface area contributed by atoms with Gasteiger partial charge in [-0.05, 0) is 6.08 Å². The number of hydrogen-bond donors (Lipinski definition) is 0. The first kappa shape index (κ1) is 14.5. The van der Waals surface area contributed by atoms with Gasteiger partial charge in [0.2, 0.25) is 0 Å². The van der Waals surface area contributed by atoms with Crippen LogP contribution in [0.1, 0.15) is 5.56 Å². The molecule has 1 aromatic rings. The molecule has 0 amide bonds. The lowest BCUT2D eigenvalue weighted by molar-refractivity contribution is -0.274. The molecule has 19 heavy (non-hydrogen) atoms. The van der Waals surface area contributed by atoms with Crippen molar-refractivity contribution in [2.75, 3.05) is 0 Å². The fraction of sp³-hybridized carbons (Fsp3) is 0.0909. The maximum atomic E-state index is 13.4. The van der Waals surface area contributed by atoms with Gasteiger partial charge in [-0.15, -0.1) is 13.2 Å². The third-order valence-corrected chi connectivity index (χ3v) is 1.82. The van der Waals surface area contributed by atoms with Crippen molar-refractivity contribution in [1.82, 2.24) is 0 Å². The lowest BCUT2D eigenvalue weighted by atomic mass is 10.1. The van der Waals surface area contributed by atoms with Gasteiger partial charge in [-0.3, -0.25) is 0 Å². The highest BCUT2D eigenvalue weighted by atomic mass is 19.4. The third-order valence-electron chi connectivity index (χ3n) is 1.82. The minimum Gasteiger partial charge on any atom is -0.406 e. The van der Waals surface area contributed by atoms with E-state index in [1.165, 1.54) is 12.1 Å². The van der Waals surface area contributed by atoms with Gasteiger partial charge in [0.15, 0.2) is 0 Å². The lowest BCUT2D eigenvalue weighted by Crippen LogP contribution is -2.17. The van der Waals surface area contributed by atoms with Crippen LogP contribution in [0.2, 0.25) is 0 Å². The van der Waals surface area contributed by atoms with Crippen molar-refractivity contribution >= 4 is 6.08 Å². The summed E-state index contributed by atoms with van der Waals surface area (Å²) in [4.78, 5) is 0. The number of nitriles is 2. The van der Waals surface area contributed by atoms with Crippen molar-refractivity contribution in [2.45, 2.75) is 6.36 Å². The van der Waals surface area contributed by atoms with Crippen molar-refractivity contribution in [3.63, 3.8) is 0 Å². The maximum Gasteiger partial charge on any atom is 0.573 e. The van der Waals surface area contributed by atoms with E-state index in [9.17, 15) is 22.0 Å². The molecule has 0 radical (unpaired) electrons. The number of benzene rings is 1. The van der Waals surface area contributed by atoms with Crippen LogP contribution in [0.4, 0.5) is 22.0 Å². The van der Waals surface area contributed by atoms with Crippen molar-refractivity contribution < 1.29 is 26.7 Å². The second-order valence-corrected chi connectivity index (χ2v) is 3.13. The largest absolute Gasteiger partial charge is 0.573 e. The van der Waals surface area contributed by atoms with Crippen LogP contribution >= 0.6 is 0 Å². The van der Waals surface area contributed by atoms with Crippen molar-refractivity contribution in [3.8, 4) is 17.9 Å². The molecule has 0 aliphatic heterocycles. The summed E-state index contributed by atoms with van der Waals surface area (Å²) in [6.07, 6.45) is -4.50. The van der Waals surface area contributed by atoms with Gasteiger partial charge in [-0.1, -0.05) is 0 Å². The van der Waals surface area contributed by atoms with E-state index in [1.807, 2.05) is 0 Å². The van der Waals surface area contributed by atoms with Crippen LogP contribution in [0.25, 0.3) is 6.08 Å². The summed E-state index contributed by atoms with van der Waals surface area (Å²) in [5, 5.41) is 16.8. The molecular formula is C11H3F5N2O. The Morgan fingerprint density at radius 3 is 1.95 bits per heavy atom. The van der Waals surface area contributed by atoms with Crippen LogP contribution in [0.5, 0.6) is 5.75 Å². The zero-order valence-corrected chi connectivity index (χ0v) is 8.92. The van der Waals surface area contributed by atoms with E-state index in [1.54, 1.807) is 0 Å². The molecule has 0 atom stereocenters. The Labute approximate surface area is 103 Å². The highest BCUT2D eigenvalue weighted by Crippen LogP contribution is 2.27. The fourth-order valence-electron chi connectivity index (χ4n) is 1.13. The molecule has 98 valence electrons. The average Bonchev–Trinajstić information content (AvgIpc) is 2.26. The molecule has 0 saturated carbocycles. The number of alkyl halides is 3. The average molecular weight is 274 g/mol. The van der Waals surface area contributed by atoms with E-state index < -0.39 is 34.9 Å². The molecular weight excluding hydrogens is 271 g/mol. The summed E-state index contributed by atoms with van der Waals surface area (Å²) < 4.78 is 65.7. The number of allylic oxidation sites excluding steroid dienone is 1. The molecule has 0 aliphatic rings. The minimum atomic E-state index is -5.08. The second-order valence-electron chi connectivity index (χ2n) is 3.13. The third kappa shape index (κ3) is 3.96. The van der Waals surface area contributed by atoms with E-state index in [0.29, 0.717) is 18.2 Å². The zero-order chi connectivity index (χ0) is 14.6. The Balaban J connectivity index is 3.24. The molecule has 0 heterocycles. The van der Waals surface area contributed by atoms with Gasteiger partial charge >= 0.3 is 6.36 Å². The van der Waals surface area contributed by atoms with Crippen LogP contribution in [-0.2, 0) is 0 Å². The summed E-state index contributed by atoms with van der Waals surface area (Å²) in [5.74, 6) is -3.85. The van der Waals surface area contributed by atoms with Gasteiger partial charge < -0.3 is 4.74 Å². The summed E-state index contributed by atoms with van der Waals surface area (Å²) >= 11 is 0. The van der Waals surface area contributed by atoms with Gasteiger partial charge in [0, 0.05) is 17.7 Å². The summed E-state index contributed by atoms with van der Waals surface area (Å²) in [5.41, 5.74) is -1.39. The fourth-order valence-corrected chi connectivity index (χ4v) is 1.13. The molecule has 0 unspecified atom stereocenters. The molecule has 3 nitrogen and oxygen atoms in total. The first-order valence-electron chi connectivity index (χ1n) is 4.53. The molecule has 0 saturated heterocycles. The van der Waals surface area contributed by atoms with Crippen LogP contribution in [0.3, 0.4) is 0 Å². The Morgan fingerprint density at radius 1 is 1.11 bits per heavy atom. The molecule has 1 rings (SSSR count). The first-order valence-corrected chi connectivity index (χ1v) is 4.53. The maximum absolute atomic E-state index is 13.4. The van der Waals surface area contributed by atoms with Crippen LogP contribution < -0.4 is 4.74 Å². The van der Waals surface area contributed by atoms with Gasteiger partial charge in [-0.2, -0.15) is 10.5 Å². The number of nitrogens with zero attached hydrogens (tertiary/aromatic N) is 2. The molecule has 0 aromatic heterocycles. The number of rotatable bonds is 2. The SMILES string of the molecule is N#CC(C#N)=Cc1c(F)cc(OC(F)(F)F)cc1F. The van der Waals surface area contributed by atoms with Crippen molar-refractivity contribution in [1.29, 1.82) is 10.5 Å². The van der Waals surface area contributed by atoms with E-state index in [-0.39, 0.29) is 0 Å². The van der Waals surface area contributed by atoms with Crippen molar-refractivity contribution in [3.05, 3.63) is 34.9 Å². The Morgan fingerprint density at radius 2 is 1.58 bits per heavy atom. The molecule has 0 fully saturated rings. The zero-order valence-electron chi connectivity index (χ0n) is 8.92.